The molecule has 1 aromatic carbocycles. The van der Waals surface area contributed by atoms with Crippen LogP contribution in [0, 0.1) is 0 Å². The Labute approximate surface area is 110 Å². The van der Waals surface area contributed by atoms with Crippen LogP contribution in [0.2, 0.25) is 0 Å². The van der Waals surface area contributed by atoms with Crippen LogP contribution in [-0.4, -0.2) is 39.8 Å². The van der Waals surface area contributed by atoms with Crippen LogP contribution in [0.3, 0.4) is 0 Å². The van der Waals surface area contributed by atoms with Crippen molar-refractivity contribution in [3.63, 3.8) is 0 Å². The van der Waals surface area contributed by atoms with Crippen LogP contribution in [0.1, 0.15) is 11.1 Å². The summed E-state index contributed by atoms with van der Waals surface area (Å²) in [4.78, 5) is 10.5. The van der Waals surface area contributed by atoms with Crippen molar-refractivity contribution < 1.29 is 20.1 Å². The lowest BCUT2D eigenvalue weighted by molar-refractivity contribution is -0.131. The van der Waals surface area contributed by atoms with Gasteiger partial charge in [0.2, 0.25) is 0 Å². The molecule has 0 bridgehead atoms. The number of carboxylic acid groups (broad SMARTS) is 1. The minimum atomic E-state index is -0.979. The molecule has 1 aromatic rings. The molecule has 1 rings (SSSR count). The first-order chi connectivity index (χ1) is 8.63. The van der Waals surface area contributed by atoms with Crippen LogP contribution in [0.15, 0.2) is 30.3 Å². The third kappa shape index (κ3) is 5.35. The van der Waals surface area contributed by atoms with Crippen molar-refractivity contribution >= 4 is 23.8 Å². The summed E-state index contributed by atoms with van der Waals surface area (Å²) in [6.45, 7) is -0.242. The number of aliphatic hydroxyl groups excluding tert-OH is 2. The van der Waals surface area contributed by atoms with Gasteiger partial charge >= 0.3 is 5.97 Å². The summed E-state index contributed by atoms with van der Waals surface area (Å²) in [7, 11) is 0. The van der Waals surface area contributed by atoms with Crippen molar-refractivity contribution in [3.8, 4) is 0 Å². The predicted octanol–water partition coefficient (Wildman–Crippen LogP) is 1.37. The second-order valence-electron chi connectivity index (χ2n) is 3.72. The molecule has 0 fully saturated rings. The fourth-order valence-corrected chi connectivity index (χ4v) is 2.33. The van der Waals surface area contributed by atoms with Crippen LogP contribution < -0.4 is 0 Å². The predicted molar refractivity (Wildman–Crippen MR) is 72.4 cm³/mol. The normalized spacial score (nSPS) is 12.8. The number of hydrogen-bond donors (Lipinski definition) is 3. The van der Waals surface area contributed by atoms with Gasteiger partial charge in [0.1, 0.15) is 0 Å². The molecular weight excluding hydrogens is 252 g/mol. The number of carboxylic acids is 1. The van der Waals surface area contributed by atoms with Crippen molar-refractivity contribution in [2.45, 2.75) is 11.9 Å². The number of thioether (sulfide) groups is 1. The second-order valence-corrected chi connectivity index (χ2v) is 4.75. The van der Waals surface area contributed by atoms with E-state index >= 15 is 0 Å². The number of rotatable bonds is 7. The highest BCUT2D eigenvalue weighted by molar-refractivity contribution is 7.98. The Bertz CT molecular complexity index is 417. The first kappa shape index (κ1) is 14.8. The first-order valence-electron chi connectivity index (χ1n) is 5.49. The van der Waals surface area contributed by atoms with E-state index in [0.29, 0.717) is 11.5 Å². The molecule has 0 heterocycles. The molecule has 5 heteroatoms. The summed E-state index contributed by atoms with van der Waals surface area (Å²) in [6.07, 6.45) is 1.95. The maximum absolute atomic E-state index is 10.5. The van der Waals surface area contributed by atoms with Gasteiger partial charge in [-0.15, -0.1) is 0 Å². The van der Waals surface area contributed by atoms with E-state index in [1.807, 2.05) is 24.3 Å². The second kappa shape index (κ2) is 7.92. The number of carbonyl (C=O) groups is 1. The zero-order chi connectivity index (χ0) is 13.4. The highest BCUT2D eigenvalue weighted by Gasteiger charge is 2.04. The SMILES string of the molecule is O=C(O)C=Cc1ccccc1CSCC(O)CO. The highest BCUT2D eigenvalue weighted by atomic mass is 32.2. The maximum Gasteiger partial charge on any atom is 0.328 e. The lowest BCUT2D eigenvalue weighted by Gasteiger charge is -2.08. The van der Waals surface area contributed by atoms with Crippen molar-refractivity contribution in [3.05, 3.63) is 41.5 Å². The van der Waals surface area contributed by atoms with E-state index in [4.69, 9.17) is 10.2 Å². The van der Waals surface area contributed by atoms with Crippen LogP contribution in [0.4, 0.5) is 0 Å². The van der Waals surface area contributed by atoms with Crippen molar-refractivity contribution in [2.24, 2.45) is 0 Å². The Morgan fingerprint density at radius 1 is 1.39 bits per heavy atom. The standard InChI is InChI=1S/C13H16O4S/c14-7-12(15)9-18-8-11-4-2-1-3-10(11)5-6-13(16)17/h1-6,12,14-15H,7-9H2,(H,16,17). The molecular formula is C13H16O4S. The van der Waals surface area contributed by atoms with E-state index < -0.39 is 12.1 Å². The number of aliphatic hydroxyl groups is 2. The topological polar surface area (TPSA) is 77.8 Å². The van der Waals surface area contributed by atoms with Crippen LogP contribution in [0.5, 0.6) is 0 Å². The Morgan fingerprint density at radius 2 is 2.11 bits per heavy atom. The van der Waals surface area contributed by atoms with E-state index in [2.05, 4.69) is 0 Å². The van der Waals surface area contributed by atoms with Gasteiger partial charge in [-0.05, 0) is 17.2 Å². The molecule has 0 radical (unpaired) electrons. The molecule has 0 aliphatic rings. The molecule has 0 aromatic heterocycles. The minimum absolute atomic E-state index is 0.242. The molecule has 3 N–H and O–H groups in total. The average molecular weight is 268 g/mol. The summed E-state index contributed by atoms with van der Waals surface area (Å²) in [5.74, 6) is 0.137. The molecule has 1 atom stereocenters. The van der Waals surface area contributed by atoms with Crippen LogP contribution >= 0.6 is 11.8 Å². The smallest absolute Gasteiger partial charge is 0.328 e. The largest absolute Gasteiger partial charge is 0.478 e. The van der Waals surface area contributed by atoms with Gasteiger partial charge in [0.15, 0.2) is 0 Å². The summed E-state index contributed by atoms with van der Waals surface area (Å²) in [5.41, 5.74) is 1.86. The van der Waals surface area contributed by atoms with Crippen LogP contribution in [-0.2, 0) is 10.5 Å². The number of aliphatic carboxylic acids is 1. The summed E-state index contributed by atoms with van der Waals surface area (Å²) in [6, 6.07) is 7.49. The van der Waals surface area contributed by atoms with Crippen molar-refractivity contribution in [2.75, 3.05) is 12.4 Å². The number of hydrogen-bond acceptors (Lipinski definition) is 4. The zero-order valence-corrected chi connectivity index (χ0v) is 10.6. The number of benzene rings is 1. The zero-order valence-electron chi connectivity index (χ0n) is 9.82. The molecule has 0 aliphatic heterocycles. The molecule has 18 heavy (non-hydrogen) atoms. The van der Waals surface area contributed by atoms with Crippen molar-refractivity contribution in [1.82, 2.24) is 0 Å². The molecule has 1 unspecified atom stereocenters. The minimum Gasteiger partial charge on any atom is -0.478 e. The van der Waals surface area contributed by atoms with Gasteiger partial charge in [0.05, 0.1) is 12.7 Å². The Morgan fingerprint density at radius 3 is 2.78 bits per heavy atom. The molecule has 0 saturated heterocycles. The third-order valence-corrected chi connectivity index (χ3v) is 3.37. The van der Waals surface area contributed by atoms with E-state index in [-0.39, 0.29) is 6.61 Å². The van der Waals surface area contributed by atoms with Crippen LogP contribution in [0.25, 0.3) is 6.08 Å². The Balaban J connectivity index is 2.62. The van der Waals surface area contributed by atoms with Gasteiger partial charge < -0.3 is 15.3 Å². The quantitative estimate of drug-likeness (QED) is 0.651. The lowest BCUT2D eigenvalue weighted by Crippen LogP contribution is -2.14. The summed E-state index contributed by atoms with van der Waals surface area (Å²) >= 11 is 1.50. The maximum atomic E-state index is 10.5. The monoisotopic (exact) mass is 268 g/mol. The van der Waals surface area contributed by atoms with E-state index in [1.165, 1.54) is 11.8 Å². The molecule has 0 saturated carbocycles. The molecule has 98 valence electrons. The van der Waals surface area contributed by atoms with Gasteiger partial charge in [0, 0.05) is 17.6 Å². The molecule has 0 aliphatic carbocycles. The highest BCUT2D eigenvalue weighted by Crippen LogP contribution is 2.18. The Hall–Kier alpha value is -1.30. The summed E-state index contributed by atoms with van der Waals surface area (Å²) in [5, 5.41) is 26.5. The van der Waals surface area contributed by atoms with Gasteiger partial charge in [-0.2, -0.15) is 11.8 Å². The summed E-state index contributed by atoms with van der Waals surface area (Å²) < 4.78 is 0. The molecule has 0 amide bonds. The Kier molecular flexibility index (Phi) is 6.49. The van der Waals surface area contributed by atoms with Gasteiger partial charge in [-0.25, -0.2) is 4.79 Å². The first-order valence-corrected chi connectivity index (χ1v) is 6.64. The van der Waals surface area contributed by atoms with Crippen molar-refractivity contribution in [1.29, 1.82) is 0 Å². The molecule has 4 nitrogen and oxygen atoms in total. The van der Waals surface area contributed by atoms with Gasteiger partial charge in [-0.3, -0.25) is 0 Å². The average Bonchev–Trinajstić information content (AvgIpc) is 2.37. The molecule has 0 spiro atoms. The lowest BCUT2D eigenvalue weighted by atomic mass is 10.1. The van der Waals surface area contributed by atoms with E-state index in [1.54, 1.807) is 6.08 Å². The van der Waals surface area contributed by atoms with E-state index in [0.717, 1.165) is 17.2 Å². The third-order valence-electron chi connectivity index (χ3n) is 2.24. The fourth-order valence-electron chi connectivity index (χ4n) is 1.35. The van der Waals surface area contributed by atoms with E-state index in [9.17, 15) is 9.90 Å². The fraction of sp³-hybridized carbons (Fsp3) is 0.308. The van der Waals surface area contributed by atoms with Gasteiger partial charge in [-0.1, -0.05) is 24.3 Å². The van der Waals surface area contributed by atoms with Gasteiger partial charge in [0.25, 0.3) is 0 Å².